The first kappa shape index (κ1) is 19.8. The molecule has 1 amide bonds. The van der Waals surface area contributed by atoms with Crippen LogP contribution in [0, 0.1) is 22.7 Å². The van der Waals surface area contributed by atoms with Crippen LogP contribution in [0.2, 0.25) is 0 Å². The number of benzene rings is 1. The first-order valence-electron chi connectivity index (χ1n) is 9.69. The predicted octanol–water partition coefficient (Wildman–Crippen LogP) is 2.40. The van der Waals surface area contributed by atoms with Gasteiger partial charge < -0.3 is 9.47 Å². The molecule has 1 saturated heterocycles. The summed E-state index contributed by atoms with van der Waals surface area (Å²) in [5.74, 6) is -1.09. The molecule has 3 aliphatic rings. The van der Waals surface area contributed by atoms with E-state index in [9.17, 15) is 14.4 Å². The van der Waals surface area contributed by atoms with E-state index in [0.717, 1.165) is 5.56 Å². The van der Waals surface area contributed by atoms with E-state index in [1.165, 1.54) is 12.2 Å². The van der Waals surface area contributed by atoms with Crippen molar-refractivity contribution in [2.45, 2.75) is 20.8 Å². The quantitative estimate of drug-likeness (QED) is 0.571. The number of hydrogen-bond acceptors (Lipinski definition) is 6. The molecule has 7 nitrogen and oxygen atoms in total. The molecule has 1 aliphatic carbocycles. The Morgan fingerprint density at radius 2 is 2.03 bits per heavy atom. The number of ketones is 1. The van der Waals surface area contributed by atoms with Crippen LogP contribution in [0.1, 0.15) is 26.3 Å². The Morgan fingerprint density at radius 3 is 2.69 bits per heavy atom. The Hall–Kier alpha value is -2.51. The Bertz CT molecular complexity index is 914. The van der Waals surface area contributed by atoms with E-state index in [1.807, 2.05) is 24.3 Å². The third kappa shape index (κ3) is 3.09. The van der Waals surface area contributed by atoms with Crippen molar-refractivity contribution < 1.29 is 28.7 Å². The molecule has 3 atom stereocenters. The van der Waals surface area contributed by atoms with Gasteiger partial charge in [0.1, 0.15) is 13.2 Å². The van der Waals surface area contributed by atoms with Gasteiger partial charge in [-0.2, -0.15) is 5.06 Å². The van der Waals surface area contributed by atoms with Crippen LogP contribution in [0.3, 0.4) is 0 Å². The van der Waals surface area contributed by atoms with Crippen molar-refractivity contribution in [2.75, 3.05) is 32.0 Å². The van der Waals surface area contributed by atoms with Gasteiger partial charge in [-0.15, -0.1) is 0 Å². The van der Waals surface area contributed by atoms with Gasteiger partial charge in [-0.05, 0) is 26.8 Å². The largest absolute Gasteiger partial charge is 0.464 e. The number of hydrogen-bond donors (Lipinski definition) is 0. The van der Waals surface area contributed by atoms with E-state index >= 15 is 0 Å². The second-order valence-electron chi connectivity index (χ2n) is 8.86. The molecular formula is C22H25NO6. The van der Waals surface area contributed by atoms with Gasteiger partial charge in [-0.1, -0.05) is 24.3 Å². The number of carbonyl (C=O) groups is 3. The molecule has 2 aliphatic heterocycles. The summed E-state index contributed by atoms with van der Waals surface area (Å²) in [4.78, 5) is 43.1. The second kappa shape index (κ2) is 6.78. The van der Waals surface area contributed by atoms with E-state index in [0.29, 0.717) is 17.9 Å². The average molecular weight is 399 g/mol. The molecule has 0 unspecified atom stereocenters. The predicted molar refractivity (Wildman–Crippen MR) is 105 cm³/mol. The molecule has 0 radical (unpaired) electrons. The van der Waals surface area contributed by atoms with Crippen molar-refractivity contribution in [1.29, 1.82) is 0 Å². The molecule has 0 aromatic heterocycles. The second-order valence-corrected chi connectivity index (χ2v) is 8.86. The molecular weight excluding hydrogens is 374 g/mol. The van der Waals surface area contributed by atoms with Crippen LogP contribution in [-0.4, -0.2) is 44.6 Å². The highest BCUT2D eigenvalue weighted by molar-refractivity contribution is 6.31. The molecule has 0 spiro atoms. The Morgan fingerprint density at radius 1 is 1.31 bits per heavy atom. The highest BCUT2D eigenvalue weighted by atomic mass is 16.7. The van der Waals surface area contributed by atoms with Gasteiger partial charge >= 0.3 is 5.97 Å². The standard InChI is InChI=1S/C22H25NO6/c1-21(2,3)20(26)29-12-22(15-10-28-11-17(24)18(15)22)9-14-13-7-5-6-8-16(13)23(27-4)19(14)25/h5-9,15,18H,10-12H2,1-4H3/b14-9-/t15-,18-,22+/m0/s1. The molecule has 7 heteroatoms. The molecule has 2 heterocycles. The van der Waals surface area contributed by atoms with Gasteiger partial charge in [0.05, 0.1) is 24.8 Å². The Kier molecular flexibility index (Phi) is 4.63. The summed E-state index contributed by atoms with van der Waals surface area (Å²) >= 11 is 0. The number of para-hydroxylation sites is 1. The van der Waals surface area contributed by atoms with Crippen LogP contribution >= 0.6 is 0 Å². The van der Waals surface area contributed by atoms with E-state index in [1.54, 1.807) is 26.8 Å². The lowest BCUT2D eigenvalue weighted by molar-refractivity contribution is -0.154. The number of ether oxygens (including phenoxy) is 2. The molecule has 154 valence electrons. The van der Waals surface area contributed by atoms with Crippen LogP contribution in [0.25, 0.3) is 5.57 Å². The number of carbonyl (C=O) groups excluding carboxylic acids is 3. The van der Waals surface area contributed by atoms with E-state index < -0.39 is 10.8 Å². The summed E-state index contributed by atoms with van der Waals surface area (Å²) in [6.07, 6.45) is 1.81. The Labute approximate surface area is 169 Å². The lowest BCUT2D eigenvalue weighted by Gasteiger charge is -2.20. The van der Waals surface area contributed by atoms with Crippen LogP contribution in [0.5, 0.6) is 0 Å². The number of nitrogens with zero attached hydrogens (tertiary/aromatic N) is 1. The molecule has 1 aromatic carbocycles. The monoisotopic (exact) mass is 399 g/mol. The van der Waals surface area contributed by atoms with Gasteiger partial charge in [0, 0.05) is 28.4 Å². The Balaban J connectivity index is 1.73. The van der Waals surface area contributed by atoms with Crippen LogP contribution in [0.15, 0.2) is 30.3 Å². The third-order valence-electron chi connectivity index (χ3n) is 5.94. The first-order chi connectivity index (χ1) is 13.7. The number of rotatable bonds is 4. The fraction of sp³-hybridized carbons (Fsp3) is 0.500. The summed E-state index contributed by atoms with van der Waals surface area (Å²) in [6.45, 7) is 5.83. The number of fused-ring (bicyclic) bond motifs is 2. The summed E-state index contributed by atoms with van der Waals surface area (Å²) in [5.41, 5.74) is 0.446. The lowest BCUT2D eigenvalue weighted by atomic mass is 9.94. The number of anilines is 1. The fourth-order valence-corrected chi connectivity index (χ4v) is 4.34. The van der Waals surface area contributed by atoms with Gasteiger partial charge in [0.2, 0.25) is 0 Å². The normalized spacial score (nSPS) is 29.7. The van der Waals surface area contributed by atoms with Crippen molar-refractivity contribution in [3.63, 3.8) is 0 Å². The number of Topliss-reactive ketones (excluding diaryl/α,β-unsaturated/α-hetero) is 1. The third-order valence-corrected chi connectivity index (χ3v) is 5.94. The van der Waals surface area contributed by atoms with Gasteiger partial charge in [0.15, 0.2) is 5.78 Å². The minimum Gasteiger partial charge on any atom is -0.464 e. The maximum atomic E-state index is 13.0. The number of hydroxylamine groups is 1. The molecule has 4 rings (SSSR count). The van der Waals surface area contributed by atoms with Crippen molar-refractivity contribution in [3.05, 3.63) is 35.9 Å². The van der Waals surface area contributed by atoms with Gasteiger partial charge in [-0.25, -0.2) is 0 Å². The zero-order valence-electron chi connectivity index (χ0n) is 17.1. The summed E-state index contributed by atoms with van der Waals surface area (Å²) in [6, 6.07) is 7.32. The highest BCUT2D eigenvalue weighted by Gasteiger charge is 2.69. The van der Waals surface area contributed by atoms with E-state index in [-0.39, 0.29) is 42.7 Å². The van der Waals surface area contributed by atoms with E-state index in [2.05, 4.69) is 0 Å². The van der Waals surface area contributed by atoms with Gasteiger partial charge in [-0.3, -0.25) is 19.2 Å². The SMILES string of the molecule is CON1C(=O)/C(=C\[C@]2(COC(=O)C(C)(C)C)[C@@H]3C(=O)COC[C@@H]32)c2ccccc21. The van der Waals surface area contributed by atoms with Crippen LogP contribution < -0.4 is 5.06 Å². The number of esters is 1. The minimum atomic E-state index is -0.740. The highest BCUT2D eigenvalue weighted by Crippen LogP contribution is 2.63. The topological polar surface area (TPSA) is 82.1 Å². The van der Waals surface area contributed by atoms with Gasteiger partial charge in [0.25, 0.3) is 5.91 Å². The van der Waals surface area contributed by atoms with Crippen molar-refractivity contribution in [2.24, 2.45) is 22.7 Å². The molecule has 1 saturated carbocycles. The molecule has 1 aromatic rings. The first-order valence-corrected chi connectivity index (χ1v) is 9.69. The maximum absolute atomic E-state index is 13.0. The zero-order chi connectivity index (χ0) is 21.0. The zero-order valence-corrected chi connectivity index (χ0v) is 17.1. The smallest absolute Gasteiger partial charge is 0.311 e. The van der Waals surface area contributed by atoms with E-state index in [4.69, 9.17) is 14.3 Å². The van der Waals surface area contributed by atoms with Crippen molar-refractivity contribution >= 4 is 28.9 Å². The minimum absolute atomic E-state index is 0.0211. The van der Waals surface area contributed by atoms with Crippen molar-refractivity contribution in [3.8, 4) is 0 Å². The average Bonchev–Trinajstić information content (AvgIpc) is 3.24. The molecule has 0 bridgehead atoms. The molecule has 2 fully saturated rings. The fourth-order valence-electron chi connectivity index (χ4n) is 4.34. The van der Waals surface area contributed by atoms with Crippen LogP contribution in [0.4, 0.5) is 5.69 Å². The maximum Gasteiger partial charge on any atom is 0.311 e. The summed E-state index contributed by atoms with van der Waals surface area (Å²) < 4.78 is 11.0. The lowest BCUT2D eigenvalue weighted by Crippen LogP contribution is -2.28. The summed E-state index contributed by atoms with van der Waals surface area (Å²) in [7, 11) is 1.44. The molecule has 0 N–H and O–H groups in total. The number of amides is 1. The molecule has 29 heavy (non-hydrogen) atoms. The van der Waals surface area contributed by atoms with Crippen molar-refractivity contribution in [1.82, 2.24) is 0 Å². The van der Waals surface area contributed by atoms with Crippen LogP contribution in [-0.2, 0) is 28.7 Å². The summed E-state index contributed by atoms with van der Waals surface area (Å²) in [5, 5.41) is 1.24.